The molecule has 7 heteroatoms. The fraction of sp³-hybridized carbons (Fsp3) is 0.533. The van der Waals surface area contributed by atoms with Gasteiger partial charge in [0, 0.05) is 19.6 Å². The zero-order valence-electron chi connectivity index (χ0n) is 12.7. The lowest BCUT2D eigenvalue weighted by Gasteiger charge is -2.30. The van der Waals surface area contributed by atoms with Crippen molar-refractivity contribution in [2.75, 3.05) is 19.7 Å². The van der Waals surface area contributed by atoms with E-state index in [0.29, 0.717) is 26.0 Å². The van der Waals surface area contributed by atoms with Crippen LogP contribution in [0, 0.1) is 5.92 Å². The van der Waals surface area contributed by atoms with Gasteiger partial charge >= 0.3 is 5.97 Å². The number of esters is 1. The van der Waals surface area contributed by atoms with E-state index in [-0.39, 0.29) is 25.0 Å². The van der Waals surface area contributed by atoms with Gasteiger partial charge in [-0.15, -0.1) is 0 Å². The normalized spacial score (nSPS) is 19.8. The van der Waals surface area contributed by atoms with Crippen LogP contribution in [0.2, 0.25) is 0 Å². The van der Waals surface area contributed by atoms with E-state index < -0.39 is 10.2 Å². The zero-order chi connectivity index (χ0) is 16.0. The van der Waals surface area contributed by atoms with Crippen LogP contribution in [-0.2, 0) is 26.3 Å². The van der Waals surface area contributed by atoms with Crippen molar-refractivity contribution in [2.45, 2.75) is 26.3 Å². The molecule has 1 fully saturated rings. The van der Waals surface area contributed by atoms with Gasteiger partial charge in [-0.25, -0.2) is 0 Å². The molecule has 1 N–H and O–H groups in total. The molecule has 6 nitrogen and oxygen atoms in total. The minimum absolute atomic E-state index is 0.183. The molecule has 0 spiro atoms. The lowest BCUT2D eigenvalue weighted by Crippen LogP contribution is -2.47. The van der Waals surface area contributed by atoms with Crippen LogP contribution < -0.4 is 4.72 Å². The van der Waals surface area contributed by atoms with E-state index >= 15 is 0 Å². The van der Waals surface area contributed by atoms with Crippen LogP contribution in [0.1, 0.15) is 25.3 Å². The number of benzene rings is 1. The highest BCUT2D eigenvalue weighted by Gasteiger charge is 2.32. The Hall–Kier alpha value is -1.44. The van der Waals surface area contributed by atoms with Crippen molar-refractivity contribution in [2.24, 2.45) is 5.92 Å². The van der Waals surface area contributed by atoms with Gasteiger partial charge in [0.25, 0.3) is 10.2 Å². The van der Waals surface area contributed by atoms with Crippen molar-refractivity contribution < 1.29 is 17.9 Å². The third-order valence-electron chi connectivity index (χ3n) is 3.65. The van der Waals surface area contributed by atoms with Crippen molar-refractivity contribution in [3.8, 4) is 0 Å². The Bertz CT molecular complexity index is 589. The van der Waals surface area contributed by atoms with Crippen LogP contribution in [0.15, 0.2) is 30.3 Å². The summed E-state index contributed by atoms with van der Waals surface area (Å²) in [7, 11) is -3.59. The maximum atomic E-state index is 12.3. The van der Waals surface area contributed by atoms with Crippen LogP contribution in [0.3, 0.4) is 0 Å². The number of ether oxygens (including phenoxy) is 1. The summed E-state index contributed by atoms with van der Waals surface area (Å²) in [4.78, 5) is 11.8. The molecular formula is C15H22N2O4S. The van der Waals surface area contributed by atoms with E-state index in [1.807, 2.05) is 30.3 Å². The minimum atomic E-state index is -3.59. The van der Waals surface area contributed by atoms with E-state index in [1.54, 1.807) is 6.92 Å². The quantitative estimate of drug-likeness (QED) is 0.800. The fourth-order valence-electron chi connectivity index (χ4n) is 2.47. The highest BCUT2D eigenvalue weighted by molar-refractivity contribution is 7.87. The Labute approximate surface area is 131 Å². The van der Waals surface area contributed by atoms with Gasteiger partial charge in [-0.1, -0.05) is 30.3 Å². The SMILES string of the molecule is CCOC(=O)C1CCCN(S(=O)(=O)NCc2ccccc2)C1. The van der Waals surface area contributed by atoms with Gasteiger partial charge in [-0.3, -0.25) is 4.79 Å². The highest BCUT2D eigenvalue weighted by Crippen LogP contribution is 2.20. The molecule has 1 unspecified atom stereocenters. The molecule has 1 heterocycles. The molecule has 0 aromatic heterocycles. The monoisotopic (exact) mass is 326 g/mol. The van der Waals surface area contributed by atoms with Crippen LogP contribution >= 0.6 is 0 Å². The molecule has 1 saturated heterocycles. The Morgan fingerprint density at radius 2 is 2.09 bits per heavy atom. The van der Waals surface area contributed by atoms with E-state index in [0.717, 1.165) is 5.56 Å². The third kappa shape index (κ3) is 4.53. The second-order valence-electron chi connectivity index (χ2n) is 5.26. The number of nitrogens with one attached hydrogen (secondary N) is 1. The molecule has 0 bridgehead atoms. The van der Waals surface area contributed by atoms with Crippen molar-refractivity contribution in [1.82, 2.24) is 9.03 Å². The third-order valence-corrected chi connectivity index (χ3v) is 5.17. The second-order valence-corrected chi connectivity index (χ2v) is 7.02. The number of carbonyl (C=O) groups is 1. The topological polar surface area (TPSA) is 75.7 Å². The largest absolute Gasteiger partial charge is 0.466 e. The summed E-state index contributed by atoms with van der Waals surface area (Å²) in [5, 5.41) is 0. The Balaban J connectivity index is 1.95. The first kappa shape index (κ1) is 16.9. The number of hydrogen-bond acceptors (Lipinski definition) is 4. The number of piperidine rings is 1. The van der Waals surface area contributed by atoms with E-state index in [4.69, 9.17) is 4.74 Å². The molecule has 1 aliphatic heterocycles. The molecule has 0 saturated carbocycles. The second kappa shape index (κ2) is 7.71. The maximum Gasteiger partial charge on any atom is 0.310 e. The fourth-order valence-corrected chi connectivity index (χ4v) is 3.75. The number of hydrogen-bond donors (Lipinski definition) is 1. The highest BCUT2D eigenvalue weighted by atomic mass is 32.2. The van der Waals surface area contributed by atoms with Gasteiger partial charge in [0.1, 0.15) is 0 Å². The van der Waals surface area contributed by atoms with Gasteiger partial charge in [0.15, 0.2) is 0 Å². The molecule has 0 amide bonds. The van der Waals surface area contributed by atoms with Gasteiger partial charge in [-0.2, -0.15) is 17.4 Å². The average Bonchev–Trinajstić information content (AvgIpc) is 2.54. The van der Waals surface area contributed by atoms with Gasteiger partial charge in [0.2, 0.25) is 0 Å². The summed E-state index contributed by atoms with van der Waals surface area (Å²) in [6.45, 7) is 2.91. The first-order chi connectivity index (χ1) is 10.5. The number of rotatable bonds is 6. The molecule has 122 valence electrons. The summed E-state index contributed by atoms with van der Waals surface area (Å²) in [5.74, 6) is -0.688. The van der Waals surface area contributed by atoms with E-state index in [9.17, 15) is 13.2 Å². The van der Waals surface area contributed by atoms with Gasteiger partial charge in [0.05, 0.1) is 12.5 Å². The Morgan fingerprint density at radius 1 is 1.36 bits per heavy atom. The summed E-state index contributed by atoms with van der Waals surface area (Å²) < 4.78 is 33.6. The number of carbonyl (C=O) groups excluding carboxylic acids is 1. The first-order valence-electron chi connectivity index (χ1n) is 7.48. The van der Waals surface area contributed by atoms with Crippen LogP contribution in [0.5, 0.6) is 0 Å². The van der Waals surface area contributed by atoms with E-state index in [1.165, 1.54) is 4.31 Å². The molecule has 0 radical (unpaired) electrons. The molecule has 2 rings (SSSR count). The van der Waals surface area contributed by atoms with Crippen LogP contribution in [0.25, 0.3) is 0 Å². The standard InChI is InChI=1S/C15H22N2O4S/c1-2-21-15(18)14-9-6-10-17(12-14)22(19,20)16-11-13-7-4-3-5-8-13/h3-5,7-8,14,16H,2,6,9-12H2,1H3. The van der Waals surface area contributed by atoms with Crippen molar-refractivity contribution in [3.63, 3.8) is 0 Å². The molecule has 1 aliphatic rings. The van der Waals surface area contributed by atoms with Gasteiger partial charge in [-0.05, 0) is 25.3 Å². The lowest BCUT2D eigenvalue weighted by molar-refractivity contribution is -0.149. The minimum Gasteiger partial charge on any atom is -0.466 e. The predicted octanol–water partition coefficient (Wildman–Crippen LogP) is 1.30. The van der Waals surface area contributed by atoms with Crippen molar-refractivity contribution >= 4 is 16.2 Å². The van der Waals surface area contributed by atoms with E-state index in [2.05, 4.69) is 4.72 Å². The molecule has 1 aromatic carbocycles. The Kier molecular flexibility index (Phi) is 5.93. The van der Waals surface area contributed by atoms with Crippen LogP contribution in [0.4, 0.5) is 0 Å². The summed E-state index contributed by atoms with van der Waals surface area (Å²) in [6.07, 6.45) is 1.33. The predicted molar refractivity (Wildman–Crippen MR) is 83.1 cm³/mol. The van der Waals surface area contributed by atoms with Gasteiger partial charge < -0.3 is 4.74 Å². The lowest BCUT2D eigenvalue weighted by atomic mass is 10.0. The van der Waals surface area contributed by atoms with Crippen molar-refractivity contribution in [1.29, 1.82) is 0 Å². The average molecular weight is 326 g/mol. The summed E-state index contributed by atoms with van der Waals surface area (Å²) in [5.41, 5.74) is 0.894. The smallest absolute Gasteiger partial charge is 0.310 e. The molecular weight excluding hydrogens is 304 g/mol. The molecule has 1 atom stereocenters. The van der Waals surface area contributed by atoms with Crippen molar-refractivity contribution in [3.05, 3.63) is 35.9 Å². The maximum absolute atomic E-state index is 12.3. The molecule has 1 aromatic rings. The summed E-state index contributed by atoms with van der Waals surface area (Å²) in [6, 6.07) is 9.33. The molecule has 22 heavy (non-hydrogen) atoms. The summed E-state index contributed by atoms with van der Waals surface area (Å²) >= 11 is 0. The first-order valence-corrected chi connectivity index (χ1v) is 8.92. The zero-order valence-corrected chi connectivity index (χ0v) is 13.5. The number of nitrogens with zero attached hydrogens (tertiary/aromatic N) is 1. The molecule has 0 aliphatic carbocycles. The Morgan fingerprint density at radius 3 is 2.77 bits per heavy atom. The van der Waals surface area contributed by atoms with Crippen LogP contribution in [-0.4, -0.2) is 38.4 Å².